The van der Waals surface area contributed by atoms with Crippen LogP contribution in [0.1, 0.15) is 30.9 Å². The zero-order chi connectivity index (χ0) is 19.2. The first kappa shape index (κ1) is 20.0. The van der Waals surface area contributed by atoms with Gasteiger partial charge in [0.25, 0.3) is 0 Å². The highest BCUT2D eigenvalue weighted by Crippen LogP contribution is 2.25. The Morgan fingerprint density at radius 3 is 2.42 bits per heavy atom. The predicted molar refractivity (Wildman–Crippen MR) is 107 cm³/mol. The number of likely N-dealkylation sites (N-methyl/N-ethyl adjacent to an activating group) is 1. The molecule has 26 heavy (non-hydrogen) atoms. The molecule has 0 aliphatic rings. The minimum atomic E-state index is -0.259. The van der Waals surface area contributed by atoms with E-state index < -0.39 is 0 Å². The fourth-order valence-electron chi connectivity index (χ4n) is 2.65. The van der Waals surface area contributed by atoms with Gasteiger partial charge in [0.05, 0.1) is 13.0 Å². The van der Waals surface area contributed by atoms with E-state index in [4.69, 9.17) is 4.74 Å². The van der Waals surface area contributed by atoms with E-state index in [1.807, 2.05) is 56.6 Å². The van der Waals surface area contributed by atoms with Crippen LogP contribution in [0.15, 0.2) is 54.6 Å². The Kier molecular flexibility index (Phi) is 6.81. The lowest BCUT2D eigenvalue weighted by atomic mass is 9.90. The Balaban J connectivity index is 2.23. The summed E-state index contributed by atoms with van der Waals surface area (Å²) in [5.74, 6) is 0.546. The van der Waals surface area contributed by atoms with Gasteiger partial charge in [-0.2, -0.15) is 0 Å². The molecular formula is C22H30N2O2. The molecule has 0 aliphatic heterocycles. The van der Waals surface area contributed by atoms with Crippen molar-refractivity contribution in [3.8, 4) is 5.75 Å². The number of methoxy groups -OCH3 is 1. The third-order valence-corrected chi connectivity index (χ3v) is 5.00. The average Bonchev–Trinajstić information content (AvgIpc) is 2.65. The third kappa shape index (κ3) is 5.33. The maximum absolute atomic E-state index is 13.0. The molecule has 1 unspecified atom stereocenters. The number of carbonyl (C=O) groups is 1. The lowest BCUT2D eigenvalue weighted by Gasteiger charge is -2.33. The van der Waals surface area contributed by atoms with Crippen LogP contribution in [0.25, 0.3) is 0 Å². The smallest absolute Gasteiger partial charge is 0.227 e. The first-order chi connectivity index (χ1) is 12.3. The van der Waals surface area contributed by atoms with Crippen molar-refractivity contribution in [2.24, 2.45) is 0 Å². The lowest BCUT2D eigenvalue weighted by Crippen LogP contribution is -2.49. The van der Waals surface area contributed by atoms with Crippen LogP contribution in [-0.4, -0.2) is 44.1 Å². The highest BCUT2D eigenvalue weighted by atomic mass is 16.5. The van der Waals surface area contributed by atoms with Gasteiger partial charge in [-0.05, 0) is 57.6 Å². The minimum absolute atomic E-state index is 0.0389. The molecule has 0 saturated carbocycles. The summed E-state index contributed by atoms with van der Waals surface area (Å²) >= 11 is 0. The van der Waals surface area contributed by atoms with Crippen molar-refractivity contribution in [1.29, 1.82) is 0 Å². The molecule has 0 fully saturated rings. The lowest BCUT2D eigenvalue weighted by molar-refractivity contribution is -0.123. The molecule has 0 heterocycles. The van der Waals surface area contributed by atoms with Crippen LogP contribution < -0.4 is 10.1 Å². The monoisotopic (exact) mass is 354 g/mol. The van der Waals surface area contributed by atoms with Gasteiger partial charge in [-0.25, -0.2) is 0 Å². The number of carbonyl (C=O) groups excluding carboxylic acids is 1. The zero-order valence-corrected chi connectivity index (χ0v) is 16.5. The number of nitrogens with one attached hydrogen (secondary N) is 1. The Labute approximate surface area is 157 Å². The second-order valence-corrected chi connectivity index (χ2v) is 7.44. The highest BCUT2D eigenvalue weighted by molar-refractivity contribution is 5.84. The van der Waals surface area contributed by atoms with Crippen molar-refractivity contribution in [1.82, 2.24) is 10.2 Å². The van der Waals surface area contributed by atoms with Gasteiger partial charge in [0.2, 0.25) is 5.91 Å². The average molecular weight is 354 g/mol. The number of amides is 1. The van der Waals surface area contributed by atoms with E-state index in [2.05, 4.69) is 36.2 Å². The van der Waals surface area contributed by atoms with E-state index in [0.29, 0.717) is 13.0 Å². The SMILES string of the molecule is COc1cccc(C(Cc2ccccc2)C(=O)NCC(C)(C)N(C)C)c1. The summed E-state index contributed by atoms with van der Waals surface area (Å²) in [7, 11) is 5.69. The first-order valence-electron chi connectivity index (χ1n) is 8.96. The van der Waals surface area contributed by atoms with Crippen molar-refractivity contribution in [2.45, 2.75) is 31.7 Å². The zero-order valence-electron chi connectivity index (χ0n) is 16.5. The second-order valence-electron chi connectivity index (χ2n) is 7.44. The second kappa shape index (κ2) is 8.86. The summed E-state index contributed by atoms with van der Waals surface area (Å²) in [6.45, 7) is 4.82. The Hall–Kier alpha value is -2.33. The molecule has 2 rings (SSSR count). The van der Waals surface area contributed by atoms with Crippen LogP contribution in [0.4, 0.5) is 0 Å². The summed E-state index contributed by atoms with van der Waals surface area (Å²) in [5.41, 5.74) is 2.00. The van der Waals surface area contributed by atoms with Crippen molar-refractivity contribution in [2.75, 3.05) is 27.7 Å². The maximum Gasteiger partial charge on any atom is 0.227 e. The standard InChI is InChI=1S/C22H30N2O2/c1-22(2,24(3)4)16-23-21(25)20(14-17-10-7-6-8-11-17)18-12-9-13-19(15-18)26-5/h6-13,15,20H,14,16H2,1-5H3,(H,23,25). The molecule has 2 aromatic rings. The van der Waals surface area contributed by atoms with Crippen LogP contribution in [0, 0.1) is 0 Å². The molecule has 140 valence electrons. The van der Waals surface area contributed by atoms with Crippen molar-refractivity contribution < 1.29 is 9.53 Å². The molecule has 1 amide bonds. The molecule has 1 N–H and O–H groups in total. The molecular weight excluding hydrogens is 324 g/mol. The van der Waals surface area contributed by atoms with E-state index >= 15 is 0 Å². The summed E-state index contributed by atoms with van der Waals surface area (Å²) in [4.78, 5) is 15.2. The van der Waals surface area contributed by atoms with Crippen molar-refractivity contribution in [3.63, 3.8) is 0 Å². The van der Waals surface area contributed by atoms with Gasteiger partial charge in [-0.15, -0.1) is 0 Å². The highest BCUT2D eigenvalue weighted by Gasteiger charge is 2.26. The van der Waals surface area contributed by atoms with E-state index in [1.54, 1.807) is 7.11 Å². The minimum Gasteiger partial charge on any atom is -0.497 e. The van der Waals surface area contributed by atoms with Crippen molar-refractivity contribution in [3.05, 3.63) is 65.7 Å². The molecule has 1 atom stereocenters. The van der Waals surface area contributed by atoms with Gasteiger partial charge in [0, 0.05) is 12.1 Å². The Bertz CT molecular complexity index is 711. The third-order valence-electron chi connectivity index (χ3n) is 5.00. The molecule has 0 spiro atoms. The molecule has 2 aromatic carbocycles. The van der Waals surface area contributed by atoms with E-state index in [-0.39, 0.29) is 17.4 Å². The molecule has 0 aromatic heterocycles. The molecule has 0 bridgehead atoms. The van der Waals surface area contributed by atoms with Gasteiger partial charge in [-0.3, -0.25) is 4.79 Å². The Morgan fingerprint density at radius 2 is 1.81 bits per heavy atom. The predicted octanol–water partition coefficient (Wildman–Crippen LogP) is 3.48. The van der Waals surface area contributed by atoms with E-state index in [9.17, 15) is 4.79 Å². The number of rotatable bonds is 8. The van der Waals surface area contributed by atoms with Gasteiger partial charge < -0.3 is 15.0 Å². The van der Waals surface area contributed by atoms with Crippen LogP contribution in [0.5, 0.6) is 5.75 Å². The molecule has 0 radical (unpaired) electrons. The number of nitrogens with zero attached hydrogens (tertiary/aromatic N) is 1. The summed E-state index contributed by atoms with van der Waals surface area (Å²) in [5, 5.41) is 3.14. The fraction of sp³-hybridized carbons (Fsp3) is 0.409. The molecule has 0 saturated heterocycles. The maximum atomic E-state index is 13.0. The fourth-order valence-corrected chi connectivity index (χ4v) is 2.65. The summed E-state index contributed by atoms with van der Waals surface area (Å²) < 4.78 is 5.34. The normalized spacial score (nSPS) is 12.7. The van der Waals surface area contributed by atoms with Gasteiger partial charge in [-0.1, -0.05) is 42.5 Å². The van der Waals surface area contributed by atoms with Crippen LogP contribution in [0.2, 0.25) is 0 Å². The van der Waals surface area contributed by atoms with Gasteiger partial charge in [0.15, 0.2) is 0 Å². The molecule has 0 aliphatic carbocycles. The van der Waals surface area contributed by atoms with Crippen LogP contribution in [0.3, 0.4) is 0 Å². The van der Waals surface area contributed by atoms with Gasteiger partial charge >= 0.3 is 0 Å². The van der Waals surface area contributed by atoms with Crippen molar-refractivity contribution >= 4 is 5.91 Å². The molecule has 4 nitrogen and oxygen atoms in total. The number of ether oxygens (including phenoxy) is 1. The first-order valence-corrected chi connectivity index (χ1v) is 8.96. The largest absolute Gasteiger partial charge is 0.497 e. The van der Waals surface area contributed by atoms with Crippen LogP contribution in [-0.2, 0) is 11.2 Å². The number of benzene rings is 2. The Morgan fingerprint density at radius 1 is 1.12 bits per heavy atom. The summed E-state index contributed by atoms with van der Waals surface area (Å²) in [6.07, 6.45) is 0.655. The quantitative estimate of drug-likeness (QED) is 0.789. The number of hydrogen-bond acceptors (Lipinski definition) is 3. The summed E-state index contributed by atoms with van der Waals surface area (Å²) in [6, 6.07) is 17.9. The topological polar surface area (TPSA) is 41.6 Å². The van der Waals surface area contributed by atoms with Gasteiger partial charge in [0.1, 0.15) is 5.75 Å². The molecule has 4 heteroatoms. The number of hydrogen-bond donors (Lipinski definition) is 1. The van der Waals surface area contributed by atoms with E-state index in [0.717, 1.165) is 16.9 Å². The van der Waals surface area contributed by atoms with E-state index in [1.165, 1.54) is 0 Å². The van der Waals surface area contributed by atoms with Crippen LogP contribution >= 0.6 is 0 Å².